The van der Waals surface area contributed by atoms with Crippen LogP contribution in [0.3, 0.4) is 0 Å². The summed E-state index contributed by atoms with van der Waals surface area (Å²) in [5.41, 5.74) is 1.99. The van der Waals surface area contributed by atoms with Crippen molar-refractivity contribution < 1.29 is 19.1 Å². The number of carbonyl (C=O) groups is 2. The maximum atomic E-state index is 11.5. The standard InChI is InChI=1S/C12H16O4/c1-8-4-6-9(7-5-8)10(11(13)15-2)12(14)16-3/h4,6,10H,5,7H2,1-3H3. The van der Waals surface area contributed by atoms with Crippen molar-refractivity contribution >= 4 is 11.9 Å². The van der Waals surface area contributed by atoms with Crippen molar-refractivity contribution in [3.05, 3.63) is 23.3 Å². The van der Waals surface area contributed by atoms with Gasteiger partial charge in [-0.15, -0.1) is 0 Å². The maximum Gasteiger partial charge on any atom is 0.324 e. The highest BCUT2D eigenvalue weighted by molar-refractivity contribution is 5.98. The highest BCUT2D eigenvalue weighted by Crippen LogP contribution is 2.25. The first-order chi connectivity index (χ1) is 7.60. The molecule has 0 heterocycles. The molecule has 0 saturated heterocycles. The molecule has 0 aromatic rings. The van der Waals surface area contributed by atoms with Gasteiger partial charge in [-0.3, -0.25) is 9.59 Å². The molecule has 16 heavy (non-hydrogen) atoms. The average Bonchev–Trinajstić information content (AvgIpc) is 2.31. The van der Waals surface area contributed by atoms with Crippen LogP contribution < -0.4 is 0 Å². The third-order valence-electron chi connectivity index (χ3n) is 2.63. The third kappa shape index (κ3) is 2.72. The van der Waals surface area contributed by atoms with E-state index in [1.54, 1.807) is 6.08 Å². The number of allylic oxidation sites excluding steroid dienone is 3. The Labute approximate surface area is 94.9 Å². The molecule has 4 heteroatoms. The molecular formula is C12H16O4. The minimum absolute atomic E-state index is 0.564. The molecule has 0 spiro atoms. The second-order valence-electron chi connectivity index (χ2n) is 3.73. The van der Waals surface area contributed by atoms with Crippen molar-refractivity contribution in [3.63, 3.8) is 0 Å². The first kappa shape index (κ1) is 12.5. The van der Waals surface area contributed by atoms with E-state index in [4.69, 9.17) is 0 Å². The van der Waals surface area contributed by atoms with Gasteiger partial charge in [0.1, 0.15) is 0 Å². The van der Waals surface area contributed by atoms with Gasteiger partial charge in [0, 0.05) is 0 Å². The zero-order chi connectivity index (χ0) is 12.1. The number of carbonyl (C=O) groups excluding carboxylic acids is 2. The molecule has 0 atom stereocenters. The molecule has 0 fully saturated rings. The van der Waals surface area contributed by atoms with Gasteiger partial charge in [0.25, 0.3) is 0 Å². The Morgan fingerprint density at radius 1 is 1.12 bits per heavy atom. The fourth-order valence-electron chi connectivity index (χ4n) is 1.63. The van der Waals surface area contributed by atoms with Crippen LogP contribution in [0.15, 0.2) is 23.3 Å². The Morgan fingerprint density at radius 2 is 1.69 bits per heavy atom. The fraction of sp³-hybridized carbons (Fsp3) is 0.500. The molecule has 0 saturated carbocycles. The van der Waals surface area contributed by atoms with Crippen LogP contribution in [-0.2, 0) is 19.1 Å². The molecule has 0 aromatic carbocycles. The average molecular weight is 224 g/mol. The Morgan fingerprint density at radius 3 is 2.06 bits per heavy atom. The minimum atomic E-state index is -0.917. The van der Waals surface area contributed by atoms with Crippen LogP contribution in [0.25, 0.3) is 0 Å². The van der Waals surface area contributed by atoms with E-state index >= 15 is 0 Å². The number of esters is 2. The molecule has 1 aliphatic rings. The summed E-state index contributed by atoms with van der Waals surface area (Å²) in [6.45, 7) is 2.01. The van der Waals surface area contributed by atoms with Crippen LogP contribution in [-0.4, -0.2) is 26.2 Å². The second-order valence-corrected chi connectivity index (χ2v) is 3.73. The number of rotatable bonds is 3. The molecule has 1 rings (SSSR count). The molecule has 0 N–H and O–H groups in total. The fourth-order valence-corrected chi connectivity index (χ4v) is 1.63. The van der Waals surface area contributed by atoms with E-state index in [0.29, 0.717) is 6.42 Å². The lowest BCUT2D eigenvalue weighted by Crippen LogP contribution is -2.28. The lowest BCUT2D eigenvalue weighted by molar-refractivity contribution is -0.156. The molecule has 4 nitrogen and oxygen atoms in total. The van der Waals surface area contributed by atoms with Crippen molar-refractivity contribution in [2.24, 2.45) is 5.92 Å². The monoisotopic (exact) mass is 224 g/mol. The number of hydrogen-bond acceptors (Lipinski definition) is 4. The Hall–Kier alpha value is -1.58. The van der Waals surface area contributed by atoms with E-state index in [2.05, 4.69) is 9.47 Å². The van der Waals surface area contributed by atoms with E-state index in [1.165, 1.54) is 19.8 Å². The largest absolute Gasteiger partial charge is 0.468 e. The summed E-state index contributed by atoms with van der Waals surface area (Å²) in [5.74, 6) is -2.04. The molecule has 0 unspecified atom stereocenters. The predicted molar refractivity (Wildman–Crippen MR) is 58.6 cm³/mol. The van der Waals surface area contributed by atoms with E-state index in [9.17, 15) is 9.59 Å². The Balaban J connectivity index is 2.94. The van der Waals surface area contributed by atoms with Gasteiger partial charge >= 0.3 is 11.9 Å². The van der Waals surface area contributed by atoms with E-state index in [1.807, 2.05) is 13.0 Å². The molecule has 88 valence electrons. The van der Waals surface area contributed by atoms with Crippen LogP contribution in [0.5, 0.6) is 0 Å². The lowest BCUT2D eigenvalue weighted by atomic mass is 9.89. The third-order valence-corrected chi connectivity index (χ3v) is 2.63. The van der Waals surface area contributed by atoms with Gasteiger partial charge in [-0.2, -0.15) is 0 Å². The zero-order valence-corrected chi connectivity index (χ0v) is 9.78. The van der Waals surface area contributed by atoms with Gasteiger partial charge in [-0.05, 0) is 25.3 Å². The first-order valence-electron chi connectivity index (χ1n) is 5.12. The van der Waals surface area contributed by atoms with Crippen LogP contribution >= 0.6 is 0 Å². The highest BCUT2D eigenvalue weighted by atomic mass is 16.5. The summed E-state index contributed by atoms with van der Waals surface area (Å²) in [6.07, 6.45) is 5.27. The van der Waals surface area contributed by atoms with Crippen LogP contribution in [0, 0.1) is 5.92 Å². The number of methoxy groups -OCH3 is 2. The van der Waals surface area contributed by atoms with E-state index in [-0.39, 0.29) is 0 Å². The summed E-state index contributed by atoms with van der Waals surface area (Å²) in [6, 6.07) is 0. The van der Waals surface area contributed by atoms with Crippen molar-refractivity contribution in [3.8, 4) is 0 Å². The Kier molecular flexibility index (Phi) is 4.28. The summed E-state index contributed by atoms with van der Waals surface area (Å²) >= 11 is 0. The summed E-state index contributed by atoms with van der Waals surface area (Å²) in [4.78, 5) is 23.0. The SMILES string of the molecule is COC(=O)C(C(=O)OC)C1=CC=C(C)CC1. The topological polar surface area (TPSA) is 52.6 Å². The summed E-state index contributed by atoms with van der Waals surface area (Å²) < 4.78 is 9.23. The smallest absolute Gasteiger partial charge is 0.324 e. The van der Waals surface area contributed by atoms with E-state index in [0.717, 1.165) is 12.0 Å². The maximum absolute atomic E-state index is 11.5. The van der Waals surface area contributed by atoms with Gasteiger partial charge in [-0.1, -0.05) is 17.7 Å². The first-order valence-corrected chi connectivity index (χ1v) is 5.12. The second kappa shape index (κ2) is 5.49. The summed E-state index contributed by atoms with van der Waals surface area (Å²) in [5, 5.41) is 0. The van der Waals surface area contributed by atoms with Crippen LogP contribution in [0.4, 0.5) is 0 Å². The van der Waals surface area contributed by atoms with Crippen LogP contribution in [0.2, 0.25) is 0 Å². The van der Waals surface area contributed by atoms with Gasteiger partial charge in [-0.25, -0.2) is 0 Å². The van der Waals surface area contributed by atoms with Gasteiger partial charge in [0.15, 0.2) is 5.92 Å². The highest BCUT2D eigenvalue weighted by Gasteiger charge is 2.32. The Bertz CT molecular complexity index is 336. The van der Waals surface area contributed by atoms with Gasteiger partial charge in [0.05, 0.1) is 14.2 Å². The van der Waals surface area contributed by atoms with Crippen molar-refractivity contribution in [1.29, 1.82) is 0 Å². The van der Waals surface area contributed by atoms with Gasteiger partial charge in [0.2, 0.25) is 0 Å². The normalized spacial score (nSPS) is 15.2. The molecule has 0 amide bonds. The van der Waals surface area contributed by atoms with Crippen molar-refractivity contribution in [2.75, 3.05) is 14.2 Å². The van der Waals surface area contributed by atoms with Crippen molar-refractivity contribution in [1.82, 2.24) is 0 Å². The lowest BCUT2D eigenvalue weighted by Gasteiger charge is -2.18. The molecule has 0 aliphatic heterocycles. The van der Waals surface area contributed by atoms with Crippen molar-refractivity contribution in [2.45, 2.75) is 19.8 Å². The molecule has 0 aromatic heterocycles. The molecule has 1 aliphatic carbocycles. The quantitative estimate of drug-likeness (QED) is 0.540. The minimum Gasteiger partial charge on any atom is -0.468 e. The predicted octanol–water partition coefficient (Wildman–Crippen LogP) is 1.62. The summed E-state index contributed by atoms with van der Waals surface area (Å²) in [7, 11) is 2.53. The van der Waals surface area contributed by atoms with Crippen LogP contribution in [0.1, 0.15) is 19.8 Å². The molecular weight excluding hydrogens is 208 g/mol. The molecule has 0 radical (unpaired) electrons. The van der Waals surface area contributed by atoms with E-state index < -0.39 is 17.9 Å². The zero-order valence-electron chi connectivity index (χ0n) is 9.78. The number of ether oxygens (including phenoxy) is 2. The van der Waals surface area contributed by atoms with Gasteiger partial charge < -0.3 is 9.47 Å². The number of hydrogen-bond donors (Lipinski definition) is 0. The molecule has 0 bridgehead atoms.